The van der Waals surface area contributed by atoms with Crippen LogP contribution in [-0.2, 0) is 0 Å². The molecular formula is C24H34O6. The van der Waals surface area contributed by atoms with Gasteiger partial charge in [0.15, 0.2) is 0 Å². The van der Waals surface area contributed by atoms with E-state index in [9.17, 15) is 19.8 Å². The molecule has 2 rings (SSSR count). The van der Waals surface area contributed by atoms with Crippen LogP contribution in [0.3, 0.4) is 0 Å². The first-order valence-electron chi connectivity index (χ1n) is 9.81. The summed E-state index contributed by atoms with van der Waals surface area (Å²) in [4.78, 5) is 20.4. The highest BCUT2D eigenvalue weighted by Gasteiger charge is 2.41. The zero-order valence-corrected chi connectivity index (χ0v) is 18.4. The minimum atomic E-state index is -0.997. The van der Waals surface area contributed by atoms with Gasteiger partial charge in [0.2, 0.25) is 0 Å². The van der Waals surface area contributed by atoms with E-state index >= 15 is 0 Å². The maximum absolute atomic E-state index is 10.2. The summed E-state index contributed by atoms with van der Waals surface area (Å²) in [6.07, 6.45) is 0.931. The number of rotatable bonds is 5. The van der Waals surface area contributed by atoms with E-state index in [1.807, 2.05) is 27.7 Å². The molecule has 0 aliphatic rings. The number of hydrogen-bond donors (Lipinski definition) is 4. The van der Waals surface area contributed by atoms with Crippen molar-refractivity contribution in [2.45, 2.75) is 59.2 Å². The Hall–Kier alpha value is -2.70. The van der Waals surface area contributed by atoms with Crippen LogP contribution in [0.25, 0.3) is 0 Å². The first-order valence-corrected chi connectivity index (χ1v) is 9.81. The molecule has 0 saturated heterocycles. The van der Waals surface area contributed by atoms with E-state index in [2.05, 4.69) is 0 Å². The number of carboxylic acid groups (broad SMARTS) is 2. The Kier molecular flexibility index (Phi) is 11.6. The molecule has 0 fully saturated rings. The predicted octanol–water partition coefficient (Wildman–Crippen LogP) is 4.71. The van der Waals surface area contributed by atoms with Gasteiger partial charge in [0.1, 0.15) is 0 Å². The molecule has 30 heavy (non-hydrogen) atoms. The third-order valence-electron chi connectivity index (χ3n) is 4.77. The lowest BCUT2D eigenvalue weighted by Crippen LogP contribution is -2.49. The molecule has 0 bridgehead atoms. The van der Waals surface area contributed by atoms with Crippen molar-refractivity contribution in [2.24, 2.45) is 5.41 Å². The fourth-order valence-electron chi connectivity index (χ4n) is 2.22. The number of carboxylic acids is 2. The van der Waals surface area contributed by atoms with E-state index in [-0.39, 0.29) is 5.41 Å². The van der Waals surface area contributed by atoms with Gasteiger partial charge in [-0.05, 0) is 43.0 Å². The summed E-state index contributed by atoms with van der Waals surface area (Å²) in [7, 11) is 0. The van der Waals surface area contributed by atoms with Gasteiger partial charge in [-0.1, -0.05) is 70.5 Å². The smallest absolute Gasteiger partial charge is 0.335 e. The van der Waals surface area contributed by atoms with Crippen molar-refractivity contribution >= 4 is 11.9 Å². The second kappa shape index (κ2) is 12.8. The van der Waals surface area contributed by atoms with Crippen LogP contribution in [0.5, 0.6) is 0 Å². The highest BCUT2D eigenvalue weighted by Crippen LogP contribution is 2.34. The number of aliphatic hydroxyl groups is 2. The third kappa shape index (κ3) is 9.67. The minimum Gasteiger partial charge on any atom is -0.478 e. The fraction of sp³-hybridized carbons (Fsp3) is 0.417. The van der Waals surface area contributed by atoms with Crippen LogP contribution in [-0.4, -0.2) is 44.1 Å². The third-order valence-corrected chi connectivity index (χ3v) is 4.77. The van der Waals surface area contributed by atoms with Gasteiger partial charge in [0.05, 0.1) is 22.8 Å². The number of carbonyl (C=O) groups is 2. The summed E-state index contributed by atoms with van der Waals surface area (Å²) >= 11 is 0. The van der Waals surface area contributed by atoms with E-state index in [1.54, 1.807) is 67.6 Å². The number of aliphatic hydroxyl groups excluding tert-OH is 1. The SMILES string of the molecule is CCCC(O)C(C)(O)C(C)(C)C.O=C(O)c1ccccc1.O=C(O)c1ccccc1. The van der Waals surface area contributed by atoms with Crippen molar-refractivity contribution in [2.75, 3.05) is 0 Å². The highest BCUT2D eigenvalue weighted by atomic mass is 16.4. The van der Waals surface area contributed by atoms with Gasteiger partial charge < -0.3 is 20.4 Å². The average molecular weight is 419 g/mol. The number of benzene rings is 2. The molecule has 2 atom stereocenters. The molecule has 4 N–H and O–H groups in total. The molecule has 0 saturated carbocycles. The van der Waals surface area contributed by atoms with Crippen molar-refractivity contribution in [1.29, 1.82) is 0 Å². The zero-order valence-electron chi connectivity index (χ0n) is 18.4. The molecule has 6 heteroatoms. The van der Waals surface area contributed by atoms with Crippen molar-refractivity contribution in [1.82, 2.24) is 0 Å². The van der Waals surface area contributed by atoms with E-state index < -0.39 is 23.6 Å². The Morgan fingerprint density at radius 3 is 1.33 bits per heavy atom. The van der Waals surface area contributed by atoms with Crippen LogP contribution in [0.15, 0.2) is 60.7 Å². The average Bonchev–Trinajstić information content (AvgIpc) is 2.69. The van der Waals surface area contributed by atoms with Crippen molar-refractivity contribution in [3.8, 4) is 0 Å². The van der Waals surface area contributed by atoms with Crippen LogP contribution in [0, 0.1) is 5.41 Å². The quantitative estimate of drug-likeness (QED) is 0.559. The molecule has 6 nitrogen and oxygen atoms in total. The summed E-state index contributed by atoms with van der Waals surface area (Å²) in [5.74, 6) is -1.76. The summed E-state index contributed by atoms with van der Waals surface area (Å²) in [5, 5.41) is 36.4. The van der Waals surface area contributed by atoms with Gasteiger partial charge in [-0.25, -0.2) is 9.59 Å². The van der Waals surface area contributed by atoms with E-state index in [1.165, 1.54) is 0 Å². The summed E-state index contributed by atoms with van der Waals surface area (Å²) in [5.41, 5.74) is -0.611. The molecule has 2 aromatic rings. The van der Waals surface area contributed by atoms with Gasteiger partial charge >= 0.3 is 11.9 Å². The number of hydrogen-bond acceptors (Lipinski definition) is 4. The van der Waals surface area contributed by atoms with E-state index in [4.69, 9.17) is 10.2 Å². The molecule has 0 spiro atoms. The fourth-order valence-corrected chi connectivity index (χ4v) is 2.22. The van der Waals surface area contributed by atoms with Gasteiger partial charge in [-0.3, -0.25) is 0 Å². The monoisotopic (exact) mass is 418 g/mol. The molecule has 0 aliphatic carbocycles. The summed E-state index contributed by atoms with van der Waals surface area (Å²) < 4.78 is 0. The van der Waals surface area contributed by atoms with Crippen molar-refractivity contribution in [3.63, 3.8) is 0 Å². The first kappa shape index (κ1) is 27.3. The second-order valence-corrected chi connectivity index (χ2v) is 8.04. The number of aromatic carboxylic acids is 2. The van der Waals surface area contributed by atoms with Gasteiger partial charge in [0, 0.05) is 0 Å². The lowest BCUT2D eigenvalue weighted by molar-refractivity contribution is -0.131. The molecule has 166 valence electrons. The maximum atomic E-state index is 10.2. The van der Waals surface area contributed by atoms with Crippen LogP contribution in [0.2, 0.25) is 0 Å². The van der Waals surface area contributed by atoms with Crippen LogP contribution in [0.4, 0.5) is 0 Å². The topological polar surface area (TPSA) is 115 Å². The normalized spacial score (nSPS) is 13.4. The molecule has 2 unspecified atom stereocenters. The lowest BCUT2D eigenvalue weighted by atomic mass is 9.73. The van der Waals surface area contributed by atoms with E-state index in [0.717, 1.165) is 6.42 Å². The van der Waals surface area contributed by atoms with Crippen LogP contribution >= 0.6 is 0 Å². The largest absolute Gasteiger partial charge is 0.478 e. The first-order chi connectivity index (χ1) is 13.8. The minimum absolute atomic E-state index is 0.276. The highest BCUT2D eigenvalue weighted by molar-refractivity contribution is 5.87. The maximum Gasteiger partial charge on any atom is 0.335 e. The molecular weight excluding hydrogens is 384 g/mol. The predicted molar refractivity (Wildman–Crippen MR) is 118 cm³/mol. The summed E-state index contributed by atoms with van der Waals surface area (Å²) in [6.45, 7) is 9.51. The Morgan fingerprint density at radius 1 is 0.800 bits per heavy atom. The molecule has 0 heterocycles. The molecule has 0 aromatic heterocycles. The van der Waals surface area contributed by atoms with Crippen molar-refractivity contribution in [3.05, 3.63) is 71.8 Å². The zero-order chi connectivity index (χ0) is 23.4. The Morgan fingerprint density at radius 2 is 1.13 bits per heavy atom. The summed E-state index contributed by atoms with van der Waals surface area (Å²) in [6, 6.07) is 16.6. The van der Waals surface area contributed by atoms with Gasteiger partial charge in [-0.15, -0.1) is 0 Å². The molecule has 0 aliphatic heterocycles. The molecule has 0 radical (unpaired) electrons. The van der Waals surface area contributed by atoms with Gasteiger partial charge in [0.25, 0.3) is 0 Å². The lowest BCUT2D eigenvalue weighted by Gasteiger charge is -2.40. The Labute approximate surface area is 178 Å². The van der Waals surface area contributed by atoms with Crippen molar-refractivity contribution < 1.29 is 30.0 Å². The molecule has 0 amide bonds. The Bertz CT molecular complexity index is 699. The van der Waals surface area contributed by atoms with Crippen LogP contribution < -0.4 is 0 Å². The standard InChI is InChI=1S/C10H22O2.2C7H6O2/c1-6-7-8(11)10(5,12)9(2,3)4;2*8-7(9)6-4-2-1-3-5-6/h8,11-12H,6-7H2,1-5H3;2*1-5H,(H,8,9). The van der Waals surface area contributed by atoms with E-state index in [0.29, 0.717) is 17.5 Å². The second-order valence-electron chi connectivity index (χ2n) is 8.04. The molecule has 2 aromatic carbocycles. The van der Waals surface area contributed by atoms with Crippen LogP contribution in [0.1, 0.15) is 68.2 Å². The van der Waals surface area contributed by atoms with Gasteiger partial charge in [-0.2, -0.15) is 0 Å². The Balaban J connectivity index is 0.000000426.